The summed E-state index contributed by atoms with van der Waals surface area (Å²) in [7, 11) is -1.96. The van der Waals surface area contributed by atoms with Gasteiger partial charge in [-0.15, -0.1) is 16.9 Å². The Bertz CT molecular complexity index is 1070. The lowest BCUT2D eigenvalue weighted by molar-refractivity contribution is -0.116. The third kappa shape index (κ3) is 6.33. The largest absolute Gasteiger partial charge is 0.497 e. The molecule has 1 amide bonds. The molecule has 0 atom stereocenters. The van der Waals surface area contributed by atoms with E-state index >= 15 is 0 Å². The van der Waals surface area contributed by atoms with E-state index in [0.717, 1.165) is 4.90 Å². The number of hydrogen-bond acceptors (Lipinski definition) is 8. The number of thioether (sulfide) groups is 1. The first-order chi connectivity index (χ1) is 14.5. The summed E-state index contributed by atoms with van der Waals surface area (Å²) in [6, 6.07) is 15.9. The van der Waals surface area contributed by atoms with Crippen molar-refractivity contribution in [1.29, 1.82) is 0 Å². The fraction of sp³-hybridized carbons (Fsp3) is 0.250. The van der Waals surface area contributed by atoms with Gasteiger partial charge in [-0.2, -0.15) is 0 Å². The van der Waals surface area contributed by atoms with E-state index in [0.29, 0.717) is 17.4 Å². The number of sulfone groups is 1. The Morgan fingerprint density at radius 1 is 1.10 bits per heavy atom. The molecule has 0 fully saturated rings. The van der Waals surface area contributed by atoms with Crippen LogP contribution in [-0.4, -0.2) is 37.4 Å². The van der Waals surface area contributed by atoms with Gasteiger partial charge in [-0.25, -0.2) is 8.42 Å². The second-order valence-electron chi connectivity index (χ2n) is 6.25. The molecule has 1 N–H and O–H groups in total. The zero-order chi connectivity index (χ0) is 21.4. The zero-order valence-electron chi connectivity index (χ0n) is 16.3. The summed E-state index contributed by atoms with van der Waals surface area (Å²) >= 11 is 1.54. The molecule has 0 spiro atoms. The third-order valence-corrected chi connectivity index (χ3v) is 6.87. The van der Waals surface area contributed by atoms with Crippen molar-refractivity contribution in [3.05, 3.63) is 60.5 Å². The summed E-state index contributed by atoms with van der Waals surface area (Å²) in [5, 5.41) is 10.2. The van der Waals surface area contributed by atoms with Crippen molar-refractivity contribution in [3.8, 4) is 5.75 Å². The summed E-state index contributed by atoms with van der Waals surface area (Å²) in [6.07, 6.45) is 0.191. The molecule has 0 saturated carbocycles. The molecule has 0 aliphatic carbocycles. The molecule has 30 heavy (non-hydrogen) atoms. The number of nitrogens with one attached hydrogen (secondary N) is 1. The summed E-state index contributed by atoms with van der Waals surface area (Å²) in [4.78, 5) is 13.3. The molecule has 1 heterocycles. The number of anilines is 1. The lowest BCUT2D eigenvalue weighted by atomic mass is 10.3. The van der Waals surface area contributed by atoms with Gasteiger partial charge in [-0.1, -0.05) is 23.3 Å². The predicted octanol–water partition coefficient (Wildman–Crippen LogP) is 3.56. The highest BCUT2D eigenvalue weighted by Gasteiger charge is 2.16. The van der Waals surface area contributed by atoms with Gasteiger partial charge >= 0.3 is 6.01 Å². The number of ether oxygens (including phenoxy) is 1. The quantitative estimate of drug-likeness (QED) is 0.470. The molecular formula is C20H21N3O5S2. The number of hydrogen-bond donors (Lipinski definition) is 1. The Labute approximate surface area is 179 Å². The first kappa shape index (κ1) is 21.8. The van der Waals surface area contributed by atoms with Gasteiger partial charge < -0.3 is 9.15 Å². The van der Waals surface area contributed by atoms with Gasteiger partial charge in [0.15, 0.2) is 9.84 Å². The first-order valence-electron chi connectivity index (χ1n) is 9.13. The van der Waals surface area contributed by atoms with Crippen LogP contribution < -0.4 is 10.1 Å². The van der Waals surface area contributed by atoms with Crippen molar-refractivity contribution in [2.45, 2.75) is 28.4 Å². The zero-order valence-corrected chi connectivity index (χ0v) is 17.9. The van der Waals surface area contributed by atoms with Gasteiger partial charge in [0.2, 0.25) is 11.8 Å². The number of amides is 1. The number of aromatic nitrogens is 2. The van der Waals surface area contributed by atoms with Crippen LogP contribution in [0.2, 0.25) is 0 Å². The summed E-state index contributed by atoms with van der Waals surface area (Å²) < 4.78 is 35.1. The fourth-order valence-electron chi connectivity index (χ4n) is 2.53. The average Bonchev–Trinajstić information content (AvgIpc) is 3.20. The fourth-order valence-corrected chi connectivity index (χ4v) is 4.60. The lowest BCUT2D eigenvalue weighted by Gasteiger charge is -2.05. The van der Waals surface area contributed by atoms with Crippen LogP contribution in [0.15, 0.2) is 68.8 Å². The minimum Gasteiger partial charge on any atom is -0.497 e. The minimum absolute atomic E-state index is 0.00155. The van der Waals surface area contributed by atoms with Crippen molar-refractivity contribution in [3.63, 3.8) is 0 Å². The topological polar surface area (TPSA) is 111 Å². The molecule has 0 radical (unpaired) electrons. The first-order valence-corrected chi connectivity index (χ1v) is 11.8. The van der Waals surface area contributed by atoms with E-state index in [1.165, 1.54) is 31.0 Å². The van der Waals surface area contributed by atoms with E-state index in [2.05, 4.69) is 15.5 Å². The van der Waals surface area contributed by atoms with Crippen molar-refractivity contribution in [2.24, 2.45) is 0 Å². The monoisotopic (exact) mass is 447 g/mol. The second-order valence-corrected chi connectivity index (χ2v) is 9.41. The van der Waals surface area contributed by atoms with Crippen LogP contribution in [0.3, 0.4) is 0 Å². The van der Waals surface area contributed by atoms with Crippen LogP contribution in [-0.2, 0) is 20.4 Å². The van der Waals surface area contributed by atoms with Gasteiger partial charge in [0.05, 0.1) is 23.5 Å². The van der Waals surface area contributed by atoms with E-state index in [-0.39, 0.29) is 35.4 Å². The highest BCUT2D eigenvalue weighted by Crippen LogP contribution is 2.22. The molecule has 10 heteroatoms. The molecule has 8 nitrogen and oxygen atoms in total. The average molecular weight is 448 g/mol. The van der Waals surface area contributed by atoms with Crippen LogP contribution >= 0.6 is 11.8 Å². The molecule has 0 bridgehead atoms. The molecule has 0 aliphatic heterocycles. The second kappa shape index (κ2) is 10.3. The maximum Gasteiger partial charge on any atom is 0.322 e. The number of carbonyl (C=O) groups excluding carboxylic acids is 1. The van der Waals surface area contributed by atoms with Gasteiger partial charge in [0.1, 0.15) is 5.75 Å². The number of rotatable bonds is 10. The highest BCUT2D eigenvalue weighted by molar-refractivity contribution is 7.98. The number of carbonyl (C=O) groups is 1. The van der Waals surface area contributed by atoms with Gasteiger partial charge in [-0.05, 0) is 42.8 Å². The molecule has 3 aromatic rings. The maximum absolute atomic E-state index is 12.3. The van der Waals surface area contributed by atoms with E-state index < -0.39 is 9.84 Å². The number of nitrogens with zero attached hydrogens (tertiary/aromatic N) is 2. The van der Waals surface area contributed by atoms with Crippen molar-refractivity contribution >= 4 is 33.5 Å². The Balaban J connectivity index is 1.43. The smallest absolute Gasteiger partial charge is 0.322 e. The molecule has 0 unspecified atom stereocenters. The lowest BCUT2D eigenvalue weighted by Crippen LogP contribution is -2.14. The highest BCUT2D eigenvalue weighted by atomic mass is 32.2. The molecule has 2 aromatic carbocycles. The maximum atomic E-state index is 12.3. The summed E-state index contributed by atoms with van der Waals surface area (Å²) in [5.74, 6) is 0.921. The molecular weight excluding hydrogens is 426 g/mol. The number of benzene rings is 2. The van der Waals surface area contributed by atoms with Crippen LogP contribution in [0.1, 0.15) is 18.7 Å². The van der Waals surface area contributed by atoms with E-state index in [1.54, 1.807) is 12.1 Å². The predicted molar refractivity (Wildman–Crippen MR) is 113 cm³/mol. The molecule has 0 saturated heterocycles. The summed E-state index contributed by atoms with van der Waals surface area (Å²) in [5.41, 5.74) is 0. The Morgan fingerprint density at radius 3 is 2.53 bits per heavy atom. The Hall–Kier alpha value is -2.85. The van der Waals surface area contributed by atoms with Crippen molar-refractivity contribution in [1.82, 2.24) is 10.2 Å². The third-order valence-electron chi connectivity index (χ3n) is 4.05. The van der Waals surface area contributed by atoms with E-state index in [9.17, 15) is 13.2 Å². The van der Waals surface area contributed by atoms with E-state index in [1.807, 2.05) is 30.3 Å². The normalized spacial score (nSPS) is 11.2. The minimum atomic E-state index is -3.47. The van der Waals surface area contributed by atoms with Crippen LogP contribution in [0, 0.1) is 0 Å². The molecule has 158 valence electrons. The Morgan fingerprint density at radius 2 is 1.83 bits per heavy atom. The van der Waals surface area contributed by atoms with Gasteiger partial charge in [0, 0.05) is 11.3 Å². The SMILES string of the molecule is COc1ccc(S(=O)(=O)CCCC(=O)Nc2nnc(CSc3ccccc3)o2)cc1. The molecule has 3 rings (SSSR count). The standard InChI is InChI=1S/C20H21N3O5S2/c1-27-15-9-11-17(12-10-15)30(25,26)13-5-8-18(24)21-20-23-22-19(28-20)14-29-16-6-3-2-4-7-16/h2-4,6-7,9-12H,5,8,13-14H2,1H3,(H,21,23,24). The molecule has 0 aliphatic rings. The summed E-state index contributed by atoms with van der Waals surface area (Å²) in [6.45, 7) is 0. The van der Waals surface area contributed by atoms with Crippen LogP contribution in [0.4, 0.5) is 6.01 Å². The molecule has 1 aromatic heterocycles. The van der Waals surface area contributed by atoms with Crippen molar-refractivity contribution < 1.29 is 22.4 Å². The van der Waals surface area contributed by atoms with Crippen LogP contribution in [0.25, 0.3) is 0 Å². The van der Waals surface area contributed by atoms with E-state index in [4.69, 9.17) is 9.15 Å². The van der Waals surface area contributed by atoms with Gasteiger partial charge in [0.25, 0.3) is 0 Å². The number of methoxy groups -OCH3 is 1. The van der Waals surface area contributed by atoms with Crippen LogP contribution in [0.5, 0.6) is 5.75 Å². The van der Waals surface area contributed by atoms with Crippen molar-refractivity contribution in [2.75, 3.05) is 18.2 Å². The van der Waals surface area contributed by atoms with Gasteiger partial charge in [-0.3, -0.25) is 10.1 Å². The Kier molecular flexibility index (Phi) is 7.47.